The van der Waals surface area contributed by atoms with Gasteiger partial charge < -0.3 is 69.6 Å². The van der Waals surface area contributed by atoms with Gasteiger partial charge >= 0.3 is 0 Å². The van der Waals surface area contributed by atoms with E-state index in [-0.39, 0.29) is 6.61 Å². The summed E-state index contributed by atoms with van der Waals surface area (Å²) in [6.45, 7) is 0.318. The highest BCUT2D eigenvalue weighted by Crippen LogP contribution is 2.31. The number of aliphatic hydroxyl groups excluding tert-OH is 9. The van der Waals surface area contributed by atoms with Crippen LogP contribution in [0.3, 0.4) is 0 Å². The Balaban J connectivity index is 1.72. The molecule has 0 aromatic heterocycles. The zero-order chi connectivity index (χ0) is 23.0. The average Bonchev–Trinajstić information content (AvgIpc) is 2.74. The first-order valence-electron chi connectivity index (χ1n) is 9.85. The summed E-state index contributed by atoms with van der Waals surface area (Å²) in [5.41, 5.74) is 0. The van der Waals surface area contributed by atoms with E-state index in [1.54, 1.807) is 0 Å². The Morgan fingerprint density at radius 3 is 1.97 bits per heavy atom. The van der Waals surface area contributed by atoms with Crippen LogP contribution in [0.5, 0.6) is 0 Å². The lowest BCUT2D eigenvalue weighted by Gasteiger charge is -2.47. The SMILES string of the molecule is C[C@@H]1O[C@@H](O[C@@H]2[C@@H](O)[C@H](O[C@@H]3OC[C@H](O)[C@H](O)[C@H]3O)[C@@H](CO)O[C@H]2O)[C@H](O)[C@H](O)[C@H]1O. The molecule has 0 aromatic rings. The van der Waals surface area contributed by atoms with Gasteiger partial charge in [-0.1, -0.05) is 0 Å². The first kappa shape index (κ1) is 25.1. The van der Waals surface area contributed by atoms with Gasteiger partial charge in [0.2, 0.25) is 0 Å². The van der Waals surface area contributed by atoms with E-state index in [2.05, 4.69) is 0 Å². The van der Waals surface area contributed by atoms with E-state index in [0.717, 1.165) is 0 Å². The van der Waals surface area contributed by atoms with Gasteiger partial charge in [0.25, 0.3) is 0 Å². The Bertz CT molecular complexity index is 581. The van der Waals surface area contributed by atoms with E-state index in [0.29, 0.717) is 0 Å². The van der Waals surface area contributed by atoms with Crippen molar-refractivity contribution < 1.29 is 69.6 Å². The minimum absolute atomic E-state index is 0.376. The van der Waals surface area contributed by atoms with Crippen LogP contribution in [0.1, 0.15) is 6.92 Å². The summed E-state index contributed by atoms with van der Waals surface area (Å²) in [6, 6.07) is 0. The molecule has 0 aliphatic carbocycles. The number of hydrogen-bond donors (Lipinski definition) is 9. The molecule has 0 unspecified atom stereocenters. The van der Waals surface area contributed by atoms with Crippen LogP contribution in [-0.2, 0) is 23.7 Å². The second kappa shape index (κ2) is 10.1. The van der Waals surface area contributed by atoms with Crippen molar-refractivity contribution >= 4 is 0 Å². The van der Waals surface area contributed by atoms with Crippen molar-refractivity contribution in [2.75, 3.05) is 13.2 Å². The fourth-order valence-electron chi connectivity index (χ4n) is 3.71. The van der Waals surface area contributed by atoms with Crippen LogP contribution in [0.25, 0.3) is 0 Å². The van der Waals surface area contributed by atoms with Crippen LogP contribution in [0.4, 0.5) is 0 Å². The average molecular weight is 458 g/mol. The van der Waals surface area contributed by atoms with Crippen molar-refractivity contribution in [3.05, 3.63) is 0 Å². The number of aliphatic hydroxyl groups is 9. The van der Waals surface area contributed by atoms with E-state index < -0.39 is 92.6 Å². The van der Waals surface area contributed by atoms with Crippen molar-refractivity contribution in [2.45, 2.75) is 92.9 Å². The number of rotatable bonds is 5. The molecule has 3 aliphatic heterocycles. The van der Waals surface area contributed by atoms with Crippen molar-refractivity contribution in [2.24, 2.45) is 0 Å². The second-order valence-corrected chi connectivity index (χ2v) is 7.87. The van der Waals surface area contributed by atoms with Crippen molar-refractivity contribution in [1.82, 2.24) is 0 Å². The topological polar surface area (TPSA) is 228 Å². The zero-order valence-electron chi connectivity index (χ0n) is 16.6. The quantitative estimate of drug-likeness (QED) is 0.187. The van der Waals surface area contributed by atoms with Crippen LogP contribution >= 0.6 is 0 Å². The molecule has 14 nitrogen and oxygen atoms in total. The lowest BCUT2D eigenvalue weighted by molar-refractivity contribution is -0.376. The summed E-state index contributed by atoms with van der Waals surface area (Å²) >= 11 is 0. The highest BCUT2D eigenvalue weighted by molar-refractivity contribution is 4.94. The summed E-state index contributed by atoms with van der Waals surface area (Å²) in [5, 5.41) is 89.7. The maximum absolute atomic E-state index is 10.7. The summed E-state index contributed by atoms with van der Waals surface area (Å²) in [4.78, 5) is 0. The largest absolute Gasteiger partial charge is 0.394 e. The highest BCUT2D eigenvalue weighted by atomic mass is 16.7. The summed E-state index contributed by atoms with van der Waals surface area (Å²) < 4.78 is 26.5. The molecule has 3 heterocycles. The molecule has 0 spiro atoms. The van der Waals surface area contributed by atoms with Gasteiger partial charge in [-0.2, -0.15) is 0 Å². The molecule has 14 atom stereocenters. The van der Waals surface area contributed by atoms with Gasteiger partial charge in [-0.3, -0.25) is 0 Å². The molecular formula is C17H30O14. The molecule has 31 heavy (non-hydrogen) atoms. The molecule has 0 radical (unpaired) electrons. The lowest BCUT2D eigenvalue weighted by Crippen LogP contribution is -2.65. The fourth-order valence-corrected chi connectivity index (χ4v) is 3.71. The van der Waals surface area contributed by atoms with Gasteiger partial charge in [-0.15, -0.1) is 0 Å². The van der Waals surface area contributed by atoms with Crippen LogP contribution in [0.15, 0.2) is 0 Å². The molecule has 0 amide bonds. The summed E-state index contributed by atoms with van der Waals surface area (Å²) in [6.07, 6.45) is -21.3. The predicted molar refractivity (Wildman–Crippen MR) is 93.8 cm³/mol. The Hall–Kier alpha value is -0.560. The van der Waals surface area contributed by atoms with Crippen molar-refractivity contribution in [3.8, 4) is 0 Å². The maximum atomic E-state index is 10.7. The molecule has 0 saturated carbocycles. The predicted octanol–water partition coefficient (Wildman–Crippen LogP) is -5.91. The van der Waals surface area contributed by atoms with Gasteiger partial charge in [-0.25, -0.2) is 0 Å². The van der Waals surface area contributed by atoms with E-state index in [1.165, 1.54) is 6.92 Å². The second-order valence-electron chi connectivity index (χ2n) is 7.87. The van der Waals surface area contributed by atoms with E-state index >= 15 is 0 Å². The number of ether oxygens (including phenoxy) is 5. The van der Waals surface area contributed by atoms with E-state index in [4.69, 9.17) is 23.7 Å². The van der Waals surface area contributed by atoms with Crippen LogP contribution in [-0.4, -0.2) is 145 Å². The molecule has 3 aliphatic rings. The Kier molecular flexibility index (Phi) is 8.21. The molecular weight excluding hydrogens is 428 g/mol. The first-order valence-corrected chi connectivity index (χ1v) is 9.85. The molecule has 0 aromatic carbocycles. The zero-order valence-corrected chi connectivity index (χ0v) is 16.6. The third-order valence-electron chi connectivity index (χ3n) is 5.66. The monoisotopic (exact) mass is 458 g/mol. The standard InChI is InChI=1S/C17H30O14/c1-4-7(20)9(22)11(24)17(28-4)31-14-12(25)13(6(2-18)29-15(14)26)30-16-10(23)8(21)5(19)3-27-16/h4-26H,2-3H2,1H3/t4-,5-,6+,7-,8-,9+,10+,11+,12-,13+,14+,15+,16-,17-/m0/s1. The normalized spacial score (nSPS) is 54.0. The molecule has 3 fully saturated rings. The van der Waals surface area contributed by atoms with Gasteiger partial charge in [0, 0.05) is 0 Å². The molecule has 14 heteroatoms. The van der Waals surface area contributed by atoms with E-state index in [1.807, 2.05) is 0 Å². The minimum Gasteiger partial charge on any atom is -0.394 e. The smallest absolute Gasteiger partial charge is 0.187 e. The van der Waals surface area contributed by atoms with E-state index in [9.17, 15) is 46.0 Å². The minimum atomic E-state index is -1.81. The highest BCUT2D eigenvalue weighted by Gasteiger charge is 2.52. The Morgan fingerprint density at radius 2 is 1.32 bits per heavy atom. The van der Waals surface area contributed by atoms with Crippen molar-refractivity contribution in [1.29, 1.82) is 0 Å². The molecule has 3 saturated heterocycles. The van der Waals surface area contributed by atoms with Gasteiger partial charge in [0.15, 0.2) is 18.9 Å². The Labute approximate surface area is 176 Å². The van der Waals surface area contributed by atoms with Crippen LogP contribution in [0, 0.1) is 0 Å². The lowest BCUT2D eigenvalue weighted by atomic mass is 9.97. The maximum Gasteiger partial charge on any atom is 0.187 e. The summed E-state index contributed by atoms with van der Waals surface area (Å²) in [5.74, 6) is 0. The molecule has 9 N–H and O–H groups in total. The Morgan fingerprint density at radius 1 is 0.710 bits per heavy atom. The van der Waals surface area contributed by atoms with Crippen LogP contribution in [0.2, 0.25) is 0 Å². The van der Waals surface area contributed by atoms with Crippen molar-refractivity contribution in [3.63, 3.8) is 0 Å². The van der Waals surface area contributed by atoms with Gasteiger partial charge in [0.1, 0.15) is 61.0 Å². The molecule has 182 valence electrons. The molecule has 0 bridgehead atoms. The number of hydrogen-bond acceptors (Lipinski definition) is 14. The third kappa shape index (κ3) is 5.02. The fraction of sp³-hybridized carbons (Fsp3) is 1.00. The van der Waals surface area contributed by atoms with Crippen LogP contribution < -0.4 is 0 Å². The van der Waals surface area contributed by atoms with Gasteiger partial charge in [0.05, 0.1) is 19.3 Å². The van der Waals surface area contributed by atoms with Gasteiger partial charge in [-0.05, 0) is 6.92 Å². The third-order valence-corrected chi connectivity index (χ3v) is 5.66. The molecule has 3 rings (SSSR count). The first-order chi connectivity index (χ1) is 14.6. The summed E-state index contributed by atoms with van der Waals surface area (Å²) in [7, 11) is 0.